The fourth-order valence-corrected chi connectivity index (χ4v) is 2.73. The van der Waals surface area contributed by atoms with Crippen molar-refractivity contribution < 1.29 is 19.8 Å². The molecule has 0 aliphatic carbocycles. The van der Waals surface area contributed by atoms with E-state index in [1.807, 2.05) is 60.7 Å². The highest BCUT2D eigenvalue weighted by Gasteiger charge is 2.33. The lowest BCUT2D eigenvalue weighted by Gasteiger charge is -2.26. The third kappa shape index (κ3) is 4.17. The van der Waals surface area contributed by atoms with Gasteiger partial charge in [0.05, 0.1) is 5.92 Å². The minimum Gasteiger partial charge on any atom is -0.481 e. The lowest BCUT2D eigenvalue weighted by molar-refractivity contribution is -0.144. The Kier molecular flexibility index (Phi) is 5.49. The van der Waals surface area contributed by atoms with Gasteiger partial charge in [0.1, 0.15) is 6.04 Å². The van der Waals surface area contributed by atoms with Crippen molar-refractivity contribution in [3.63, 3.8) is 0 Å². The van der Waals surface area contributed by atoms with Crippen LogP contribution < -0.4 is 5.73 Å². The van der Waals surface area contributed by atoms with Crippen LogP contribution in [0, 0.1) is 5.92 Å². The Labute approximate surface area is 134 Å². The van der Waals surface area contributed by atoms with Crippen LogP contribution in [0.3, 0.4) is 0 Å². The lowest BCUT2D eigenvalue weighted by Crippen LogP contribution is -2.36. The maximum atomic E-state index is 11.8. The molecule has 0 aliphatic rings. The molecular weight excluding hydrogens is 294 g/mol. The number of hydrogen-bond donors (Lipinski definition) is 3. The van der Waals surface area contributed by atoms with Crippen LogP contribution in [-0.4, -0.2) is 28.2 Å². The fourth-order valence-electron chi connectivity index (χ4n) is 2.73. The quantitative estimate of drug-likeness (QED) is 0.728. The molecule has 0 spiro atoms. The summed E-state index contributed by atoms with van der Waals surface area (Å²) in [4.78, 5) is 22.8. The van der Waals surface area contributed by atoms with Crippen molar-refractivity contribution in [1.29, 1.82) is 0 Å². The molecule has 2 aromatic carbocycles. The zero-order valence-electron chi connectivity index (χ0n) is 12.5. The van der Waals surface area contributed by atoms with Crippen LogP contribution in [0.4, 0.5) is 0 Å². The Morgan fingerprint density at radius 3 is 1.61 bits per heavy atom. The van der Waals surface area contributed by atoms with Crippen LogP contribution in [0.15, 0.2) is 60.7 Å². The number of rotatable bonds is 7. The molecule has 0 fully saturated rings. The van der Waals surface area contributed by atoms with Crippen LogP contribution in [0.2, 0.25) is 0 Å². The Morgan fingerprint density at radius 2 is 1.26 bits per heavy atom. The standard InChI is InChI=1S/C18H19NO4/c19-15(18(22)23)11-14(17(20)21)16(12-7-3-1-4-8-12)13-9-5-2-6-10-13/h1-10,14-16H,11,19H2,(H,20,21)(H,22,23)/t14?,15-/m0/s1. The van der Waals surface area contributed by atoms with Gasteiger partial charge in [0.25, 0.3) is 0 Å². The summed E-state index contributed by atoms with van der Waals surface area (Å²) in [6.45, 7) is 0. The number of carbonyl (C=O) groups is 2. The van der Waals surface area contributed by atoms with Gasteiger partial charge in [-0.25, -0.2) is 0 Å². The normalized spacial score (nSPS) is 13.5. The summed E-state index contributed by atoms with van der Waals surface area (Å²) >= 11 is 0. The summed E-state index contributed by atoms with van der Waals surface area (Å²) in [5.74, 6) is -3.64. The largest absolute Gasteiger partial charge is 0.481 e. The molecule has 2 rings (SSSR count). The van der Waals surface area contributed by atoms with Gasteiger partial charge in [-0.1, -0.05) is 60.7 Å². The minimum absolute atomic E-state index is 0.140. The average molecular weight is 313 g/mol. The molecule has 0 saturated heterocycles. The second-order valence-electron chi connectivity index (χ2n) is 5.42. The van der Waals surface area contributed by atoms with E-state index in [2.05, 4.69) is 0 Å². The van der Waals surface area contributed by atoms with E-state index in [4.69, 9.17) is 10.8 Å². The molecule has 0 heterocycles. The highest BCUT2D eigenvalue weighted by Crippen LogP contribution is 2.34. The Morgan fingerprint density at radius 1 is 0.826 bits per heavy atom. The summed E-state index contributed by atoms with van der Waals surface area (Å²) in [5, 5.41) is 18.7. The van der Waals surface area contributed by atoms with E-state index < -0.39 is 29.8 Å². The van der Waals surface area contributed by atoms with Gasteiger partial charge in [-0.15, -0.1) is 0 Å². The Balaban J connectivity index is 2.46. The first-order valence-electron chi connectivity index (χ1n) is 7.31. The smallest absolute Gasteiger partial charge is 0.320 e. The average Bonchev–Trinajstić information content (AvgIpc) is 2.56. The molecule has 0 saturated carbocycles. The molecule has 0 amide bonds. The molecular formula is C18H19NO4. The van der Waals surface area contributed by atoms with Crippen molar-refractivity contribution in [2.45, 2.75) is 18.4 Å². The van der Waals surface area contributed by atoms with Gasteiger partial charge in [0.2, 0.25) is 0 Å². The third-order valence-electron chi connectivity index (χ3n) is 3.86. The molecule has 0 bridgehead atoms. The molecule has 4 N–H and O–H groups in total. The molecule has 23 heavy (non-hydrogen) atoms. The molecule has 1 unspecified atom stereocenters. The van der Waals surface area contributed by atoms with Gasteiger partial charge in [-0.3, -0.25) is 9.59 Å². The van der Waals surface area contributed by atoms with Gasteiger partial charge >= 0.3 is 11.9 Å². The first-order chi connectivity index (χ1) is 11.0. The molecule has 0 radical (unpaired) electrons. The zero-order chi connectivity index (χ0) is 16.8. The van der Waals surface area contributed by atoms with Crippen LogP contribution in [0.5, 0.6) is 0 Å². The van der Waals surface area contributed by atoms with Crippen molar-refractivity contribution in [2.75, 3.05) is 0 Å². The van der Waals surface area contributed by atoms with Gasteiger partial charge in [0, 0.05) is 5.92 Å². The second-order valence-corrected chi connectivity index (χ2v) is 5.42. The lowest BCUT2D eigenvalue weighted by atomic mass is 9.78. The van der Waals surface area contributed by atoms with E-state index in [1.165, 1.54) is 0 Å². The third-order valence-corrected chi connectivity index (χ3v) is 3.86. The zero-order valence-corrected chi connectivity index (χ0v) is 12.5. The highest BCUT2D eigenvalue weighted by atomic mass is 16.4. The topological polar surface area (TPSA) is 101 Å². The highest BCUT2D eigenvalue weighted by molar-refractivity contribution is 5.77. The molecule has 0 aliphatic heterocycles. The first kappa shape index (κ1) is 16.7. The van der Waals surface area contributed by atoms with Crippen LogP contribution in [0.25, 0.3) is 0 Å². The summed E-state index contributed by atoms with van der Waals surface area (Å²) in [7, 11) is 0. The van der Waals surface area contributed by atoms with Gasteiger partial charge in [0.15, 0.2) is 0 Å². The number of benzene rings is 2. The van der Waals surface area contributed by atoms with E-state index in [0.717, 1.165) is 11.1 Å². The fraction of sp³-hybridized carbons (Fsp3) is 0.222. The summed E-state index contributed by atoms with van der Waals surface area (Å²) < 4.78 is 0. The Hall–Kier alpha value is -2.66. The predicted molar refractivity (Wildman–Crippen MR) is 86.1 cm³/mol. The second kappa shape index (κ2) is 7.56. The molecule has 2 aromatic rings. The Bertz CT molecular complexity index is 618. The minimum atomic E-state index is -1.22. The number of nitrogens with two attached hydrogens (primary N) is 1. The van der Waals surface area contributed by atoms with Crippen LogP contribution in [0.1, 0.15) is 23.5 Å². The van der Waals surface area contributed by atoms with Crippen molar-refractivity contribution in [3.8, 4) is 0 Å². The van der Waals surface area contributed by atoms with Crippen molar-refractivity contribution in [2.24, 2.45) is 11.7 Å². The monoisotopic (exact) mass is 313 g/mol. The molecule has 0 aromatic heterocycles. The molecule has 2 atom stereocenters. The summed E-state index contributed by atoms with van der Waals surface area (Å²) in [6.07, 6.45) is -0.140. The van der Waals surface area contributed by atoms with E-state index in [9.17, 15) is 14.7 Å². The predicted octanol–water partition coefficient (Wildman–Crippen LogP) is 2.32. The number of carboxylic acids is 2. The van der Waals surface area contributed by atoms with Gasteiger partial charge < -0.3 is 15.9 Å². The number of carboxylic acid groups (broad SMARTS) is 2. The van der Waals surface area contributed by atoms with E-state index in [0.29, 0.717) is 0 Å². The first-order valence-corrected chi connectivity index (χ1v) is 7.31. The SMILES string of the molecule is N[C@@H](CC(C(=O)O)C(c1ccccc1)c1ccccc1)C(=O)O. The maximum Gasteiger partial charge on any atom is 0.320 e. The van der Waals surface area contributed by atoms with Crippen LogP contribution in [-0.2, 0) is 9.59 Å². The van der Waals surface area contributed by atoms with Crippen molar-refractivity contribution in [1.82, 2.24) is 0 Å². The molecule has 5 nitrogen and oxygen atoms in total. The van der Waals surface area contributed by atoms with Crippen molar-refractivity contribution in [3.05, 3.63) is 71.8 Å². The van der Waals surface area contributed by atoms with Gasteiger partial charge in [-0.05, 0) is 17.5 Å². The van der Waals surface area contributed by atoms with E-state index in [1.54, 1.807) is 0 Å². The van der Waals surface area contributed by atoms with Gasteiger partial charge in [-0.2, -0.15) is 0 Å². The van der Waals surface area contributed by atoms with E-state index in [-0.39, 0.29) is 6.42 Å². The maximum absolute atomic E-state index is 11.8. The van der Waals surface area contributed by atoms with E-state index >= 15 is 0 Å². The van der Waals surface area contributed by atoms with Crippen LogP contribution >= 0.6 is 0 Å². The number of aliphatic carboxylic acids is 2. The number of hydrogen-bond acceptors (Lipinski definition) is 3. The summed E-state index contributed by atoms with van der Waals surface area (Å²) in [6, 6.07) is 17.2. The summed E-state index contributed by atoms with van der Waals surface area (Å²) in [5.41, 5.74) is 7.23. The molecule has 120 valence electrons. The van der Waals surface area contributed by atoms with Crippen molar-refractivity contribution >= 4 is 11.9 Å². The molecule has 5 heteroatoms.